The van der Waals surface area contributed by atoms with Crippen LogP contribution in [-0.2, 0) is 23.8 Å². The fourth-order valence-corrected chi connectivity index (χ4v) is 6.34. The zero-order chi connectivity index (χ0) is 42.1. The van der Waals surface area contributed by atoms with E-state index in [0.29, 0.717) is 19.4 Å². The zero-order valence-corrected chi connectivity index (χ0v) is 38.0. The summed E-state index contributed by atoms with van der Waals surface area (Å²) in [5.41, 5.74) is 0. The number of carbonyl (C=O) groups excluding carboxylic acids is 2. The predicted octanol–water partition coefficient (Wildman–Crippen LogP) is 16.1. The van der Waals surface area contributed by atoms with Crippen LogP contribution in [0.4, 0.5) is 0 Å². The number of esters is 2. The van der Waals surface area contributed by atoms with Gasteiger partial charge >= 0.3 is 11.9 Å². The first-order chi connectivity index (χ1) is 28.6. The van der Waals surface area contributed by atoms with E-state index in [4.69, 9.17) is 14.2 Å². The summed E-state index contributed by atoms with van der Waals surface area (Å²) in [6.07, 6.45) is 62.9. The van der Waals surface area contributed by atoms with Crippen molar-refractivity contribution in [3.63, 3.8) is 0 Å². The largest absolute Gasteiger partial charge is 0.462 e. The second-order valence-corrected chi connectivity index (χ2v) is 15.6. The first kappa shape index (κ1) is 55.1. The van der Waals surface area contributed by atoms with Crippen LogP contribution in [-0.4, -0.2) is 37.9 Å². The molecule has 5 nitrogen and oxygen atoms in total. The molecular weight excluding hydrogens is 717 g/mol. The summed E-state index contributed by atoms with van der Waals surface area (Å²) in [4.78, 5) is 25.3. The van der Waals surface area contributed by atoms with Crippen molar-refractivity contribution in [1.29, 1.82) is 0 Å². The lowest BCUT2D eigenvalue weighted by molar-refractivity contribution is -0.163. The highest BCUT2D eigenvalue weighted by molar-refractivity contribution is 5.70. The normalized spacial score (nSPS) is 12.9. The standard InChI is InChI=1S/C53H90O5/c1-4-7-10-13-16-19-22-24-25-26-27-28-29-31-32-34-37-40-43-46-52(54)57-50-51(49-56-48-45-42-39-36-21-18-15-12-9-6-3)58-53(55)47-44-41-38-35-33-30-23-20-17-14-11-8-5-2/h7,10-11,14,16,19-20,23-25,27-28,31-32,51H,4-6,8-9,12-13,15,17-18,21-22,26,29-30,33-50H2,1-3H3/b10-7-,14-11-,19-16-,23-20-,25-24-,28-27-,32-31-. The molecule has 332 valence electrons. The third kappa shape index (κ3) is 45.8. The third-order valence-corrected chi connectivity index (χ3v) is 9.90. The molecule has 0 rings (SSSR count). The Balaban J connectivity index is 4.31. The van der Waals surface area contributed by atoms with E-state index in [1.807, 2.05) is 0 Å². The molecule has 1 atom stereocenters. The van der Waals surface area contributed by atoms with Crippen molar-refractivity contribution in [3.05, 3.63) is 85.1 Å². The molecule has 0 N–H and O–H groups in total. The molecule has 0 aromatic heterocycles. The van der Waals surface area contributed by atoms with E-state index in [1.165, 1.54) is 70.6 Å². The highest BCUT2D eigenvalue weighted by Gasteiger charge is 2.17. The molecule has 0 aliphatic heterocycles. The first-order valence-electron chi connectivity index (χ1n) is 24.1. The van der Waals surface area contributed by atoms with Crippen LogP contribution in [0.15, 0.2) is 85.1 Å². The number of ether oxygens (including phenoxy) is 3. The molecule has 0 heterocycles. The van der Waals surface area contributed by atoms with Crippen LogP contribution in [0.2, 0.25) is 0 Å². The van der Waals surface area contributed by atoms with E-state index in [2.05, 4.69) is 106 Å². The molecule has 58 heavy (non-hydrogen) atoms. The van der Waals surface area contributed by atoms with E-state index < -0.39 is 6.10 Å². The topological polar surface area (TPSA) is 61.8 Å². The Bertz CT molecular complexity index is 1090. The number of hydrogen-bond acceptors (Lipinski definition) is 5. The number of rotatable bonds is 43. The van der Waals surface area contributed by atoms with E-state index in [-0.39, 0.29) is 25.2 Å². The summed E-state index contributed by atoms with van der Waals surface area (Å²) >= 11 is 0. The molecule has 0 bridgehead atoms. The number of hydrogen-bond donors (Lipinski definition) is 0. The lowest BCUT2D eigenvalue weighted by Gasteiger charge is -2.18. The van der Waals surface area contributed by atoms with Gasteiger partial charge in [-0.3, -0.25) is 9.59 Å². The van der Waals surface area contributed by atoms with Crippen LogP contribution in [0, 0.1) is 0 Å². The lowest BCUT2D eigenvalue weighted by Crippen LogP contribution is -2.30. The van der Waals surface area contributed by atoms with Gasteiger partial charge in [-0.05, 0) is 89.9 Å². The smallest absolute Gasteiger partial charge is 0.306 e. The first-order valence-corrected chi connectivity index (χ1v) is 24.1. The molecule has 5 heteroatoms. The minimum absolute atomic E-state index is 0.0601. The molecule has 1 unspecified atom stereocenters. The fourth-order valence-electron chi connectivity index (χ4n) is 6.34. The maximum absolute atomic E-state index is 12.7. The quantitative estimate of drug-likeness (QED) is 0.0349. The van der Waals surface area contributed by atoms with Crippen LogP contribution in [0.25, 0.3) is 0 Å². The fraction of sp³-hybridized carbons (Fsp3) is 0.698. The Kier molecular flexibility index (Phi) is 46.0. The summed E-state index contributed by atoms with van der Waals surface area (Å²) in [5, 5.41) is 0. The van der Waals surface area contributed by atoms with Crippen molar-refractivity contribution >= 4 is 11.9 Å². The molecule has 0 aliphatic carbocycles. The van der Waals surface area contributed by atoms with Gasteiger partial charge in [0.1, 0.15) is 6.61 Å². The van der Waals surface area contributed by atoms with Gasteiger partial charge in [0, 0.05) is 19.4 Å². The van der Waals surface area contributed by atoms with Crippen molar-refractivity contribution in [2.24, 2.45) is 0 Å². The maximum Gasteiger partial charge on any atom is 0.306 e. The van der Waals surface area contributed by atoms with E-state index in [1.54, 1.807) is 0 Å². The molecule has 0 aliphatic rings. The summed E-state index contributed by atoms with van der Waals surface area (Å²) in [6, 6.07) is 0. The zero-order valence-electron chi connectivity index (χ0n) is 38.0. The SMILES string of the molecule is CC/C=C\C/C=C\C/C=C\C/C=C\C/C=C\CCCCCC(=O)OCC(COCCCCCCCCCCCC)OC(=O)CCCCCCC/C=C\C/C=C\CCC. The molecule has 0 fully saturated rings. The van der Waals surface area contributed by atoms with E-state index in [0.717, 1.165) is 109 Å². The van der Waals surface area contributed by atoms with Gasteiger partial charge in [0.2, 0.25) is 0 Å². The number of unbranched alkanes of at least 4 members (excludes halogenated alkanes) is 18. The summed E-state index contributed by atoms with van der Waals surface area (Å²) in [7, 11) is 0. The Labute approximate surface area is 359 Å². The molecule has 0 spiro atoms. The molecule has 0 aromatic carbocycles. The molecule has 0 radical (unpaired) electrons. The van der Waals surface area contributed by atoms with Crippen LogP contribution in [0.5, 0.6) is 0 Å². The Hall–Kier alpha value is -2.92. The van der Waals surface area contributed by atoms with Crippen LogP contribution in [0.3, 0.4) is 0 Å². The Morgan fingerprint density at radius 3 is 1.33 bits per heavy atom. The van der Waals surface area contributed by atoms with Crippen molar-refractivity contribution in [2.75, 3.05) is 19.8 Å². The second-order valence-electron chi connectivity index (χ2n) is 15.6. The molecule has 0 saturated carbocycles. The molecular formula is C53H90O5. The minimum Gasteiger partial charge on any atom is -0.462 e. The van der Waals surface area contributed by atoms with Crippen molar-refractivity contribution in [2.45, 2.75) is 219 Å². The Morgan fingerprint density at radius 1 is 0.397 bits per heavy atom. The van der Waals surface area contributed by atoms with Gasteiger partial charge in [-0.2, -0.15) is 0 Å². The van der Waals surface area contributed by atoms with Gasteiger partial charge in [0.25, 0.3) is 0 Å². The summed E-state index contributed by atoms with van der Waals surface area (Å²) < 4.78 is 17.3. The van der Waals surface area contributed by atoms with E-state index >= 15 is 0 Å². The predicted molar refractivity (Wildman–Crippen MR) is 251 cm³/mol. The number of allylic oxidation sites excluding steroid dienone is 14. The molecule has 0 saturated heterocycles. The van der Waals surface area contributed by atoms with Crippen molar-refractivity contribution in [1.82, 2.24) is 0 Å². The molecule has 0 amide bonds. The Morgan fingerprint density at radius 2 is 0.810 bits per heavy atom. The van der Waals surface area contributed by atoms with E-state index in [9.17, 15) is 9.59 Å². The second kappa shape index (κ2) is 48.4. The van der Waals surface area contributed by atoms with Crippen molar-refractivity contribution in [3.8, 4) is 0 Å². The lowest BCUT2D eigenvalue weighted by atomic mass is 10.1. The van der Waals surface area contributed by atoms with Gasteiger partial charge < -0.3 is 14.2 Å². The summed E-state index contributed by atoms with van der Waals surface area (Å²) in [5.74, 6) is -0.453. The monoisotopic (exact) mass is 807 g/mol. The van der Waals surface area contributed by atoms with Crippen molar-refractivity contribution < 1.29 is 23.8 Å². The minimum atomic E-state index is -0.557. The number of carbonyl (C=O) groups is 2. The maximum atomic E-state index is 12.7. The van der Waals surface area contributed by atoms with Crippen LogP contribution < -0.4 is 0 Å². The van der Waals surface area contributed by atoms with Gasteiger partial charge in [-0.25, -0.2) is 0 Å². The highest BCUT2D eigenvalue weighted by atomic mass is 16.6. The highest BCUT2D eigenvalue weighted by Crippen LogP contribution is 2.13. The summed E-state index contributed by atoms with van der Waals surface area (Å²) in [6.45, 7) is 7.59. The van der Waals surface area contributed by atoms with Gasteiger partial charge in [0.05, 0.1) is 6.61 Å². The molecule has 0 aromatic rings. The van der Waals surface area contributed by atoms with Gasteiger partial charge in [-0.15, -0.1) is 0 Å². The van der Waals surface area contributed by atoms with Crippen LogP contribution in [0.1, 0.15) is 213 Å². The average Bonchev–Trinajstić information content (AvgIpc) is 3.22. The van der Waals surface area contributed by atoms with Gasteiger partial charge in [0.15, 0.2) is 6.10 Å². The van der Waals surface area contributed by atoms with Crippen LogP contribution >= 0.6 is 0 Å². The third-order valence-electron chi connectivity index (χ3n) is 9.90. The average molecular weight is 807 g/mol. The van der Waals surface area contributed by atoms with Gasteiger partial charge in [-0.1, -0.05) is 196 Å².